The fourth-order valence-electron chi connectivity index (χ4n) is 2.01. The molecule has 0 spiro atoms. The maximum Gasteiger partial charge on any atom is 0.416 e. The molecule has 142 valence electrons. The Kier molecular flexibility index (Phi) is 7.12. The van der Waals surface area contributed by atoms with Crippen LogP contribution in [0.3, 0.4) is 0 Å². The van der Waals surface area contributed by atoms with Gasteiger partial charge in [0.1, 0.15) is 0 Å². The number of hydrogen-bond donors (Lipinski definition) is 2. The number of rotatable bonds is 6. The normalized spacial score (nSPS) is 11.4. The standard InChI is InChI=1S/C18H15BrF3N3O2/c19-14-6-4-12(5-7-14)11-23-25-17(27)9-8-16(26)24-15-3-1-2-13(10-15)18(20,21)22/h1-7,10-11H,8-9H2,(H,24,26)(H,25,27). The molecule has 0 bridgehead atoms. The third-order valence-corrected chi connectivity index (χ3v) is 3.85. The van der Waals surface area contributed by atoms with E-state index in [0.29, 0.717) is 0 Å². The molecule has 0 unspecified atom stereocenters. The molecule has 2 amide bonds. The number of carbonyl (C=O) groups is 2. The maximum atomic E-state index is 12.6. The van der Waals surface area contributed by atoms with Gasteiger partial charge in [0.2, 0.25) is 11.8 Å². The Morgan fingerprint density at radius 2 is 1.70 bits per heavy atom. The lowest BCUT2D eigenvalue weighted by Gasteiger charge is -2.09. The van der Waals surface area contributed by atoms with Crippen molar-refractivity contribution in [3.63, 3.8) is 0 Å². The molecule has 2 aromatic rings. The zero-order chi connectivity index (χ0) is 19.9. The summed E-state index contributed by atoms with van der Waals surface area (Å²) >= 11 is 3.30. The Morgan fingerprint density at radius 1 is 1.04 bits per heavy atom. The summed E-state index contributed by atoms with van der Waals surface area (Å²) in [5.41, 5.74) is 2.22. The molecule has 0 atom stereocenters. The number of nitrogens with one attached hydrogen (secondary N) is 2. The Bertz CT molecular complexity index is 836. The highest BCUT2D eigenvalue weighted by molar-refractivity contribution is 9.10. The molecule has 0 heterocycles. The second kappa shape index (κ2) is 9.31. The van der Waals surface area contributed by atoms with Gasteiger partial charge in [-0.2, -0.15) is 18.3 Å². The van der Waals surface area contributed by atoms with Crippen molar-refractivity contribution in [1.82, 2.24) is 5.43 Å². The molecular weight excluding hydrogens is 427 g/mol. The molecule has 0 aliphatic carbocycles. The van der Waals surface area contributed by atoms with E-state index in [1.807, 2.05) is 12.1 Å². The van der Waals surface area contributed by atoms with Crippen LogP contribution in [0, 0.1) is 0 Å². The number of hydrazone groups is 1. The highest BCUT2D eigenvalue weighted by Crippen LogP contribution is 2.30. The van der Waals surface area contributed by atoms with Crippen molar-refractivity contribution in [3.8, 4) is 0 Å². The molecule has 5 nitrogen and oxygen atoms in total. The largest absolute Gasteiger partial charge is 0.416 e. The van der Waals surface area contributed by atoms with Gasteiger partial charge in [0, 0.05) is 23.0 Å². The Balaban J connectivity index is 1.78. The van der Waals surface area contributed by atoms with Crippen LogP contribution in [0.25, 0.3) is 0 Å². The quantitative estimate of drug-likeness (QED) is 0.517. The number of alkyl halides is 3. The van der Waals surface area contributed by atoms with Crippen molar-refractivity contribution in [2.75, 3.05) is 5.32 Å². The van der Waals surface area contributed by atoms with Crippen molar-refractivity contribution in [2.24, 2.45) is 5.10 Å². The molecule has 0 aliphatic rings. The van der Waals surface area contributed by atoms with Crippen molar-refractivity contribution in [1.29, 1.82) is 0 Å². The number of hydrogen-bond acceptors (Lipinski definition) is 3. The van der Waals surface area contributed by atoms with Crippen molar-refractivity contribution < 1.29 is 22.8 Å². The molecule has 0 radical (unpaired) electrons. The van der Waals surface area contributed by atoms with Crippen molar-refractivity contribution in [2.45, 2.75) is 19.0 Å². The van der Waals surface area contributed by atoms with E-state index >= 15 is 0 Å². The van der Waals surface area contributed by atoms with E-state index in [-0.39, 0.29) is 18.5 Å². The Morgan fingerprint density at radius 3 is 2.37 bits per heavy atom. The fraction of sp³-hybridized carbons (Fsp3) is 0.167. The molecule has 27 heavy (non-hydrogen) atoms. The number of amides is 2. The van der Waals surface area contributed by atoms with E-state index in [2.05, 4.69) is 31.8 Å². The monoisotopic (exact) mass is 441 g/mol. The molecule has 0 saturated heterocycles. The van der Waals surface area contributed by atoms with Crippen molar-refractivity contribution >= 4 is 39.6 Å². The minimum Gasteiger partial charge on any atom is -0.326 e. The summed E-state index contributed by atoms with van der Waals surface area (Å²) in [5, 5.41) is 6.11. The summed E-state index contributed by atoms with van der Waals surface area (Å²) < 4.78 is 38.8. The lowest BCUT2D eigenvalue weighted by Crippen LogP contribution is -2.20. The minimum absolute atomic E-state index is 0.0171. The molecule has 2 aromatic carbocycles. The van der Waals surface area contributed by atoms with Crippen LogP contribution in [0.2, 0.25) is 0 Å². The zero-order valence-corrected chi connectivity index (χ0v) is 15.5. The third-order valence-electron chi connectivity index (χ3n) is 3.33. The topological polar surface area (TPSA) is 70.6 Å². The smallest absolute Gasteiger partial charge is 0.326 e. The van der Waals surface area contributed by atoms with Gasteiger partial charge in [0.25, 0.3) is 0 Å². The summed E-state index contributed by atoms with van der Waals surface area (Å²) in [6, 6.07) is 11.5. The lowest BCUT2D eigenvalue weighted by atomic mass is 10.2. The summed E-state index contributed by atoms with van der Waals surface area (Å²) in [4.78, 5) is 23.5. The second-order valence-electron chi connectivity index (χ2n) is 5.47. The first-order valence-electron chi connectivity index (χ1n) is 7.78. The molecule has 2 rings (SSSR count). The van der Waals surface area contributed by atoms with Gasteiger partial charge in [0.05, 0.1) is 11.8 Å². The van der Waals surface area contributed by atoms with Crippen LogP contribution in [-0.2, 0) is 15.8 Å². The first-order valence-corrected chi connectivity index (χ1v) is 8.58. The van der Waals surface area contributed by atoms with Crippen LogP contribution in [0.15, 0.2) is 58.1 Å². The van der Waals surface area contributed by atoms with Gasteiger partial charge < -0.3 is 5.32 Å². The molecule has 0 fully saturated rings. The SMILES string of the molecule is O=C(CCC(=O)Nc1cccc(C(F)(F)F)c1)NN=Cc1ccc(Br)cc1. The molecule has 2 N–H and O–H groups in total. The molecule has 0 aliphatic heterocycles. The van der Waals surface area contributed by atoms with Crippen LogP contribution >= 0.6 is 15.9 Å². The van der Waals surface area contributed by atoms with E-state index in [0.717, 1.165) is 22.2 Å². The van der Waals surface area contributed by atoms with E-state index in [9.17, 15) is 22.8 Å². The van der Waals surface area contributed by atoms with Crippen LogP contribution in [0.5, 0.6) is 0 Å². The van der Waals surface area contributed by atoms with Gasteiger partial charge in [-0.05, 0) is 35.9 Å². The predicted octanol–water partition coefficient (Wildman–Crippen LogP) is 4.34. The summed E-state index contributed by atoms with van der Waals surface area (Å²) in [5.74, 6) is -1.05. The molecular formula is C18H15BrF3N3O2. The zero-order valence-electron chi connectivity index (χ0n) is 13.9. The molecule has 9 heteroatoms. The van der Waals surface area contributed by atoms with Gasteiger partial charge in [-0.3, -0.25) is 9.59 Å². The Hall–Kier alpha value is -2.68. The van der Waals surface area contributed by atoms with Crippen LogP contribution < -0.4 is 10.7 Å². The average Bonchev–Trinajstić information content (AvgIpc) is 2.61. The van der Waals surface area contributed by atoms with E-state index in [1.165, 1.54) is 18.3 Å². The van der Waals surface area contributed by atoms with Crippen molar-refractivity contribution in [3.05, 3.63) is 64.1 Å². The summed E-state index contributed by atoms with van der Waals surface area (Å²) in [7, 11) is 0. The molecule has 0 aromatic heterocycles. The lowest BCUT2D eigenvalue weighted by molar-refractivity contribution is -0.137. The summed E-state index contributed by atoms with van der Waals surface area (Å²) in [6.07, 6.45) is -3.38. The van der Waals surface area contributed by atoms with Gasteiger partial charge in [-0.1, -0.05) is 34.1 Å². The highest BCUT2D eigenvalue weighted by Gasteiger charge is 2.30. The number of halogens is 4. The maximum absolute atomic E-state index is 12.6. The van der Waals surface area contributed by atoms with Gasteiger partial charge in [0.15, 0.2) is 0 Å². The minimum atomic E-state index is -4.49. The second-order valence-corrected chi connectivity index (χ2v) is 6.39. The van der Waals surface area contributed by atoms with Gasteiger partial charge >= 0.3 is 6.18 Å². The van der Waals surface area contributed by atoms with Gasteiger partial charge in [-0.25, -0.2) is 5.43 Å². The van der Waals surface area contributed by atoms with E-state index in [4.69, 9.17) is 0 Å². The first kappa shape index (κ1) is 20.6. The number of carbonyl (C=O) groups excluding carboxylic acids is 2. The third kappa shape index (κ3) is 7.22. The number of benzene rings is 2. The fourth-order valence-corrected chi connectivity index (χ4v) is 2.27. The highest BCUT2D eigenvalue weighted by atomic mass is 79.9. The molecule has 0 saturated carbocycles. The van der Waals surface area contributed by atoms with Crippen LogP contribution in [0.4, 0.5) is 18.9 Å². The number of nitrogens with zero attached hydrogens (tertiary/aromatic N) is 1. The van der Waals surface area contributed by atoms with Crippen LogP contribution in [-0.4, -0.2) is 18.0 Å². The van der Waals surface area contributed by atoms with E-state index < -0.39 is 23.6 Å². The first-order chi connectivity index (χ1) is 12.7. The van der Waals surface area contributed by atoms with Crippen LogP contribution in [0.1, 0.15) is 24.0 Å². The summed E-state index contributed by atoms with van der Waals surface area (Å²) in [6.45, 7) is 0. The average molecular weight is 442 g/mol. The van der Waals surface area contributed by atoms with E-state index in [1.54, 1.807) is 12.1 Å². The predicted molar refractivity (Wildman–Crippen MR) is 99.2 cm³/mol. The van der Waals surface area contributed by atoms with Gasteiger partial charge in [-0.15, -0.1) is 0 Å². The Labute approximate surface area is 161 Å². The number of anilines is 1.